The second kappa shape index (κ2) is 5.29. The third-order valence-electron chi connectivity index (χ3n) is 2.23. The molecule has 0 aliphatic heterocycles. The quantitative estimate of drug-likeness (QED) is 0.666. The van der Waals surface area contributed by atoms with Gasteiger partial charge in [-0.1, -0.05) is 13.8 Å². The summed E-state index contributed by atoms with van der Waals surface area (Å²) >= 11 is 0. The minimum atomic E-state index is -4.60. The fourth-order valence-electron chi connectivity index (χ4n) is 1.52. The fourth-order valence-corrected chi connectivity index (χ4v) is 1.52. The largest absolute Gasteiger partial charge is 0.417 e. The van der Waals surface area contributed by atoms with Gasteiger partial charge >= 0.3 is 6.18 Å². The average molecular weight is 260 g/mol. The molecule has 0 bridgehead atoms. The Morgan fingerprint density at radius 1 is 1.06 bits per heavy atom. The van der Waals surface area contributed by atoms with E-state index < -0.39 is 17.6 Å². The van der Waals surface area contributed by atoms with Gasteiger partial charge in [0.1, 0.15) is 5.82 Å². The number of fused-ring (bicyclic) bond motifs is 1. The maximum Gasteiger partial charge on any atom is 0.417 e. The monoisotopic (exact) mass is 260 g/mol. The van der Waals surface area contributed by atoms with Crippen molar-refractivity contribution in [3.05, 3.63) is 35.4 Å². The summed E-state index contributed by atoms with van der Waals surface area (Å²) in [4.78, 5) is 0. The van der Waals surface area contributed by atoms with Crippen LogP contribution in [-0.4, -0.2) is 10.2 Å². The number of benzene rings is 1. The summed E-state index contributed by atoms with van der Waals surface area (Å²) in [6.07, 6.45) is -3.61. The lowest BCUT2D eigenvalue weighted by atomic mass is 10.1. The summed E-state index contributed by atoms with van der Waals surface area (Å²) in [6, 6.07) is 1.48. The summed E-state index contributed by atoms with van der Waals surface area (Å²) in [5.74, 6) is -0.934. The smallest absolute Gasteiger partial charge is 0.207 e. The van der Waals surface area contributed by atoms with Gasteiger partial charge in [-0.3, -0.25) is 0 Å². The van der Waals surface area contributed by atoms with E-state index in [1.807, 2.05) is 13.8 Å². The fraction of sp³-hybridized carbons (Fsp3) is 0.333. The van der Waals surface area contributed by atoms with Crippen molar-refractivity contribution >= 4 is 10.8 Å². The van der Waals surface area contributed by atoms with Crippen LogP contribution in [0.15, 0.2) is 18.3 Å². The molecule has 1 heterocycles. The number of rotatable bonds is 0. The number of nitrogens with zero attached hydrogens (tertiary/aromatic N) is 2. The lowest BCUT2D eigenvalue weighted by Gasteiger charge is -2.10. The number of hydrogen-bond donors (Lipinski definition) is 0. The maximum absolute atomic E-state index is 13.1. The van der Waals surface area contributed by atoms with E-state index in [4.69, 9.17) is 0 Å². The van der Waals surface area contributed by atoms with Gasteiger partial charge in [0.15, 0.2) is 0 Å². The van der Waals surface area contributed by atoms with Crippen LogP contribution in [0.3, 0.4) is 0 Å². The van der Waals surface area contributed by atoms with Crippen molar-refractivity contribution in [1.29, 1.82) is 0 Å². The Bertz CT molecular complexity index is 550. The molecule has 0 radical (unpaired) electrons. The number of hydrogen-bond acceptors (Lipinski definition) is 2. The van der Waals surface area contributed by atoms with Gasteiger partial charge in [-0.15, -0.1) is 0 Å². The van der Waals surface area contributed by atoms with E-state index >= 15 is 0 Å². The Kier molecular flexibility index (Phi) is 4.21. The van der Waals surface area contributed by atoms with Crippen LogP contribution in [0.25, 0.3) is 10.8 Å². The molecular weight excluding hydrogens is 248 g/mol. The average Bonchev–Trinajstić information content (AvgIpc) is 2.31. The SMILES string of the molecule is CC.Cc1nncc2c(C(F)(F)F)cc(F)cc12. The molecule has 0 spiro atoms. The van der Waals surface area contributed by atoms with Crippen molar-refractivity contribution in [2.24, 2.45) is 0 Å². The highest BCUT2D eigenvalue weighted by molar-refractivity contribution is 5.87. The van der Waals surface area contributed by atoms with E-state index in [2.05, 4.69) is 10.2 Å². The predicted octanol–water partition coefficient (Wildman–Crippen LogP) is 4.12. The van der Waals surface area contributed by atoms with Crippen LogP contribution in [0, 0.1) is 12.7 Å². The van der Waals surface area contributed by atoms with E-state index in [0.717, 1.165) is 12.3 Å². The summed E-state index contributed by atoms with van der Waals surface area (Å²) in [5, 5.41) is 7.02. The second-order valence-corrected chi connectivity index (χ2v) is 3.34. The van der Waals surface area contributed by atoms with Gasteiger partial charge in [-0.25, -0.2) is 4.39 Å². The molecule has 0 unspecified atom stereocenters. The van der Waals surface area contributed by atoms with Gasteiger partial charge in [0.05, 0.1) is 17.5 Å². The van der Waals surface area contributed by atoms with Crippen LogP contribution >= 0.6 is 0 Å². The van der Waals surface area contributed by atoms with Gasteiger partial charge < -0.3 is 0 Å². The van der Waals surface area contributed by atoms with Gasteiger partial charge in [-0.05, 0) is 19.1 Å². The predicted molar refractivity (Wildman–Crippen MR) is 60.6 cm³/mol. The van der Waals surface area contributed by atoms with Crippen LogP contribution < -0.4 is 0 Å². The lowest BCUT2D eigenvalue weighted by Crippen LogP contribution is -2.07. The molecule has 2 nitrogen and oxygen atoms in total. The molecular formula is C12H12F4N2. The van der Waals surface area contributed by atoms with E-state index in [1.54, 1.807) is 0 Å². The van der Waals surface area contributed by atoms with Crippen LogP contribution in [0.2, 0.25) is 0 Å². The minimum absolute atomic E-state index is 0.127. The molecule has 1 aromatic heterocycles. The molecule has 0 aliphatic carbocycles. The van der Waals surface area contributed by atoms with E-state index in [0.29, 0.717) is 6.07 Å². The molecule has 0 saturated carbocycles. The number of alkyl halides is 3. The normalized spacial score (nSPS) is 11.1. The number of aromatic nitrogens is 2. The highest BCUT2D eigenvalue weighted by atomic mass is 19.4. The Morgan fingerprint density at radius 2 is 1.67 bits per heavy atom. The molecule has 0 fully saturated rings. The van der Waals surface area contributed by atoms with Crippen LogP contribution in [-0.2, 0) is 6.18 Å². The van der Waals surface area contributed by atoms with E-state index in [1.165, 1.54) is 6.92 Å². The first-order valence-corrected chi connectivity index (χ1v) is 5.38. The van der Waals surface area contributed by atoms with Crippen molar-refractivity contribution in [2.45, 2.75) is 26.9 Å². The van der Waals surface area contributed by atoms with Crippen molar-refractivity contribution < 1.29 is 17.6 Å². The molecule has 2 rings (SSSR count). The molecule has 0 atom stereocenters. The van der Waals surface area contributed by atoms with Crippen molar-refractivity contribution in [2.75, 3.05) is 0 Å². The van der Waals surface area contributed by atoms with Gasteiger partial charge in [-0.2, -0.15) is 23.4 Å². The lowest BCUT2D eigenvalue weighted by molar-refractivity contribution is -0.136. The standard InChI is InChI=1S/C10H6F4N2.C2H6/c1-5-7-2-6(11)3-9(10(12,13)14)8(7)4-15-16-5;1-2/h2-4H,1H3;1-2H3. The van der Waals surface area contributed by atoms with Crippen LogP contribution in [0.5, 0.6) is 0 Å². The molecule has 0 amide bonds. The highest BCUT2D eigenvalue weighted by Gasteiger charge is 2.33. The summed E-state index contributed by atoms with van der Waals surface area (Å²) < 4.78 is 50.9. The Labute approximate surface area is 102 Å². The number of halogens is 4. The van der Waals surface area contributed by atoms with Crippen LogP contribution in [0.4, 0.5) is 17.6 Å². The zero-order valence-corrected chi connectivity index (χ0v) is 10.1. The maximum atomic E-state index is 13.1. The summed E-state index contributed by atoms with van der Waals surface area (Å²) in [6.45, 7) is 5.48. The Balaban J connectivity index is 0.000000771. The molecule has 6 heteroatoms. The molecule has 0 N–H and O–H groups in total. The Morgan fingerprint density at radius 3 is 2.22 bits per heavy atom. The molecule has 2 aromatic rings. The topological polar surface area (TPSA) is 25.8 Å². The van der Waals surface area contributed by atoms with Gasteiger partial charge in [0.25, 0.3) is 0 Å². The molecule has 0 aliphatic rings. The van der Waals surface area contributed by atoms with Gasteiger partial charge in [0, 0.05) is 10.8 Å². The molecule has 18 heavy (non-hydrogen) atoms. The summed E-state index contributed by atoms with van der Waals surface area (Å²) in [7, 11) is 0. The first kappa shape index (κ1) is 14.3. The third kappa shape index (κ3) is 2.75. The second-order valence-electron chi connectivity index (χ2n) is 3.34. The van der Waals surface area contributed by atoms with Crippen molar-refractivity contribution in [3.63, 3.8) is 0 Å². The zero-order chi connectivity index (χ0) is 13.9. The number of aryl methyl sites for hydroxylation is 1. The third-order valence-corrected chi connectivity index (χ3v) is 2.23. The molecule has 98 valence electrons. The van der Waals surface area contributed by atoms with E-state index in [9.17, 15) is 17.6 Å². The first-order valence-electron chi connectivity index (χ1n) is 5.38. The minimum Gasteiger partial charge on any atom is -0.207 e. The zero-order valence-electron chi connectivity index (χ0n) is 10.1. The first-order chi connectivity index (χ1) is 8.39. The van der Waals surface area contributed by atoms with E-state index in [-0.39, 0.29) is 16.5 Å². The highest BCUT2D eigenvalue weighted by Crippen LogP contribution is 2.35. The molecule has 0 saturated heterocycles. The summed E-state index contributed by atoms with van der Waals surface area (Å²) in [5.41, 5.74) is -0.761. The van der Waals surface area contributed by atoms with Gasteiger partial charge in [0.2, 0.25) is 0 Å². The van der Waals surface area contributed by atoms with Crippen molar-refractivity contribution in [1.82, 2.24) is 10.2 Å². The Hall–Kier alpha value is -1.72. The van der Waals surface area contributed by atoms with Crippen molar-refractivity contribution in [3.8, 4) is 0 Å². The molecule has 1 aromatic carbocycles. The van der Waals surface area contributed by atoms with Crippen LogP contribution in [0.1, 0.15) is 25.1 Å².